The van der Waals surface area contributed by atoms with Gasteiger partial charge < -0.3 is 14.6 Å². The van der Waals surface area contributed by atoms with E-state index in [9.17, 15) is 9.59 Å². The summed E-state index contributed by atoms with van der Waals surface area (Å²) < 4.78 is 5.22. The predicted octanol–water partition coefficient (Wildman–Crippen LogP) is 2.99. The van der Waals surface area contributed by atoms with Gasteiger partial charge in [0.05, 0.1) is 12.8 Å². The number of rotatable bonds is 6. The van der Waals surface area contributed by atoms with Crippen LogP contribution in [0.3, 0.4) is 0 Å². The van der Waals surface area contributed by atoms with Gasteiger partial charge in [0.1, 0.15) is 11.5 Å². The third-order valence-electron chi connectivity index (χ3n) is 2.88. The summed E-state index contributed by atoms with van der Waals surface area (Å²) in [6, 6.07) is 3.58. The number of nitrogens with one attached hydrogen (secondary N) is 1. The fourth-order valence-corrected chi connectivity index (χ4v) is 2.57. The summed E-state index contributed by atoms with van der Waals surface area (Å²) in [5.41, 5.74) is 0.318. The number of thiazole rings is 1. The van der Waals surface area contributed by atoms with Crippen molar-refractivity contribution in [1.82, 2.24) is 9.88 Å². The molecule has 0 aliphatic heterocycles. The standard InChI is InChI=1S/C15H19N3O3S/c1-10(2)7-13(19)17-15-16-12(9-22-15)14(20)18(3)8-11-5-4-6-21-11/h4-6,9-10H,7-8H2,1-3H3,(H,16,17,19). The van der Waals surface area contributed by atoms with Gasteiger partial charge in [-0.1, -0.05) is 13.8 Å². The van der Waals surface area contributed by atoms with E-state index < -0.39 is 0 Å². The Morgan fingerprint density at radius 1 is 1.45 bits per heavy atom. The molecule has 6 nitrogen and oxygen atoms in total. The second-order valence-corrected chi connectivity index (χ2v) is 6.28. The van der Waals surface area contributed by atoms with Crippen molar-refractivity contribution < 1.29 is 14.0 Å². The maximum Gasteiger partial charge on any atom is 0.273 e. The Balaban J connectivity index is 1.95. The second kappa shape index (κ2) is 7.22. The Morgan fingerprint density at radius 2 is 2.23 bits per heavy atom. The molecule has 0 bridgehead atoms. The average Bonchev–Trinajstić information content (AvgIpc) is 3.08. The van der Waals surface area contributed by atoms with Crippen LogP contribution < -0.4 is 5.32 Å². The first-order chi connectivity index (χ1) is 10.5. The smallest absolute Gasteiger partial charge is 0.273 e. The molecule has 0 spiro atoms. The van der Waals surface area contributed by atoms with E-state index in [2.05, 4.69) is 10.3 Å². The van der Waals surface area contributed by atoms with Crippen LogP contribution in [-0.2, 0) is 11.3 Å². The fraction of sp³-hybridized carbons (Fsp3) is 0.400. The van der Waals surface area contributed by atoms with E-state index in [1.54, 1.807) is 24.8 Å². The molecule has 0 fully saturated rings. The Labute approximate surface area is 133 Å². The third-order valence-corrected chi connectivity index (χ3v) is 3.64. The number of furan rings is 1. The van der Waals surface area contributed by atoms with Crippen LogP contribution in [0.2, 0.25) is 0 Å². The zero-order valence-electron chi connectivity index (χ0n) is 12.8. The van der Waals surface area contributed by atoms with Crippen LogP contribution in [0, 0.1) is 5.92 Å². The summed E-state index contributed by atoms with van der Waals surface area (Å²) in [7, 11) is 1.68. The van der Waals surface area contributed by atoms with E-state index in [4.69, 9.17) is 4.42 Å². The second-order valence-electron chi connectivity index (χ2n) is 5.42. The molecule has 0 aliphatic rings. The van der Waals surface area contributed by atoms with E-state index in [1.807, 2.05) is 19.9 Å². The first-order valence-corrected chi connectivity index (χ1v) is 7.87. The molecule has 0 saturated carbocycles. The van der Waals surface area contributed by atoms with Gasteiger partial charge >= 0.3 is 0 Å². The van der Waals surface area contributed by atoms with Gasteiger partial charge in [0, 0.05) is 18.8 Å². The molecule has 1 N–H and O–H groups in total. The zero-order valence-corrected chi connectivity index (χ0v) is 13.6. The number of hydrogen-bond acceptors (Lipinski definition) is 5. The molecule has 2 amide bonds. The number of carbonyl (C=O) groups is 2. The average molecular weight is 321 g/mol. The quantitative estimate of drug-likeness (QED) is 0.887. The molecule has 2 aromatic rings. The van der Waals surface area contributed by atoms with E-state index in [0.29, 0.717) is 29.6 Å². The highest BCUT2D eigenvalue weighted by Crippen LogP contribution is 2.18. The molecular weight excluding hydrogens is 302 g/mol. The van der Waals surface area contributed by atoms with Crippen LogP contribution >= 0.6 is 11.3 Å². The lowest BCUT2D eigenvalue weighted by atomic mass is 10.1. The highest BCUT2D eigenvalue weighted by molar-refractivity contribution is 7.14. The molecule has 2 aromatic heterocycles. The van der Waals surface area contributed by atoms with Crippen molar-refractivity contribution in [2.45, 2.75) is 26.8 Å². The summed E-state index contributed by atoms with van der Waals surface area (Å²) in [6.07, 6.45) is 2.00. The first kappa shape index (κ1) is 16.2. The number of nitrogens with zero attached hydrogens (tertiary/aromatic N) is 2. The monoisotopic (exact) mass is 321 g/mol. The van der Waals surface area contributed by atoms with Gasteiger partial charge in [-0.05, 0) is 18.1 Å². The predicted molar refractivity (Wildman–Crippen MR) is 84.7 cm³/mol. The van der Waals surface area contributed by atoms with Gasteiger partial charge in [-0.2, -0.15) is 0 Å². The molecule has 0 saturated heterocycles. The lowest BCUT2D eigenvalue weighted by Crippen LogP contribution is -2.26. The molecular formula is C15H19N3O3S. The van der Waals surface area contributed by atoms with Crippen LogP contribution in [0.1, 0.15) is 36.5 Å². The molecule has 0 atom stereocenters. The zero-order chi connectivity index (χ0) is 16.1. The Kier molecular flexibility index (Phi) is 5.32. The van der Waals surface area contributed by atoms with Crippen molar-refractivity contribution in [2.75, 3.05) is 12.4 Å². The Morgan fingerprint density at radius 3 is 2.86 bits per heavy atom. The molecule has 2 rings (SSSR count). The van der Waals surface area contributed by atoms with Gasteiger partial charge in [0.2, 0.25) is 5.91 Å². The Bertz CT molecular complexity index is 634. The SMILES string of the molecule is CC(C)CC(=O)Nc1nc(C(=O)N(C)Cc2ccco2)cs1. The molecule has 2 heterocycles. The normalized spacial score (nSPS) is 10.7. The topological polar surface area (TPSA) is 75.4 Å². The minimum Gasteiger partial charge on any atom is -0.467 e. The largest absolute Gasteiger partial charge is 0.467 e. The van der Waals surface area contributed by atoms with Crippen LogP contribution in [0.5, 0.6) is 0 Å². The summed E-state index contributed by atoms with van der Waals surface area (Å²) in [5.74, 6) is 0.682. The van der Waals surface area contributed by atoms with Crippen LogP contribution in [0.25, 0.3) is 0 Å². The van der Waals surface area contributed by atoms with Gasteiger partial charge in [0.25, 0.3) is 5.91 Å². The molecule has 0 radical (unpaired) electrons. The van der Waals surface area contributed by atoms with Crippen LogP contribution in [0.15, 0.2) is 28.2 Å². The molecule has 118 valence electrons. The van der Waals surface area contributed by atoms with Crippen molar-refractivity contribution in [3.63, 3.8) is 0 Å². The van der Waals surface area contributed by atoms with Crippen molar-refractivity contribution in [3.05, 3.63) is 35.2 Å². The summed E-state index contributed by atoms with van der Waals surface area (Å²) in [4.78, 5) is 29.7. The Hall–Kier alpha value is -2.15. The number of amides is 2. The van der Waals surface area contributed by atoms with Gasteiger partial charge in [-0.15, -0.1) is 11.3 Å². The van der Waals surface area contributed by atoms with Gasteiger partial charge in [-0.25, -0.2) is 4.98 Å². The lowest BCUT2D eigenvalue weighted by Gasteiger charge is -2.13. The molecule has 0 unspecified atom stereocenters. The van der Waals surface area contributed by atoms with E-state index in [1.165, 1.54) is 16.2 Å². The molecule has 22 heavy (non-hydrogen) atoms. The first-order valence-electron chi connectivity index (χ1n) is 6.99. The molecule has 0 aromatic carbocycles. The van der Waals surface area contributed by atoms with Crippen molar-refractivity contribution in [1.29, 1.82) is 0 Å². The lowest BCUT2D eigenvalue weighted by molar-refractivity contribution is -0.116. The maximum atomic E-state index is 12.3. The maximum absolute atomic E-state index is 12.3. The number of carbonyl (C=O) groups excluding carboxylic acids is 2. The number of anilines is 1. The van der Waals surface area contributed by atoms with Crippen LogP contribution in [0.4, 0.5) is 5.13 Å². The minimum atomic E-state index is -0.211. The molecule has 0 aliphatic carbocycles. The van der Waals surface area contributed by atoms with Gasteiger partial charge in [0.15, 0.2) is 5.13 Å². The summed E-state index contributed by atoms with van der Waals surface area (Å²) in [6.45, 7) is 4.32. The van der Waals surface area contributed by atoms with Gasteiger partial charge in [-0.3, -0.25) is 9.59 Å². The van der Waals surface area contributed by atoms with Crippen LogP contribution in [-0.4, -0.2) is 28.7 Å². The van der Waals surface area contributed by atoms with E-state index >= 15 is 0 Å². The van der Waals surface area contributed by atoms with E-state index in [0.717, 1.165) is 0 Å². The fourth-order valence-electron chi connectivity index (χ4n) is 1.87. The number of aromatic nitrogens is 1. The highest BCUT2D eigenvalue weighted by Gasteiger charge is 2.17. The highest BCUT2D eigenvalue weighted by atomic mass is 32.1. The number of hydrogen-bond donors (Lipinski definition) is 1. The van der Waals surface area contributed by atoms with E-state index in [-0.39, 0.29) is 17.7 Å². The molecule has 7 heteroatoms. The summed E-state index contributed by atoms with van der Waals surface area (Å²) >= 11 is 1.24. The summed E-state index contributed by atoms with van der Waals surface area (Å²) in [5, 5.41) is 4.80. The van der Waals surface area contributed by atoms with Crippen molar-refractivity contribution >= 4 is 28.3 Å². The van der Waals surface area contributed by atoms with Crippen molar-refractivity contribution in [2.24, 2.45) is 5.92 Å². The van der Waals surface area contributed by atoms with Crippen molar-refractivity contribution in [3.8, 4) is 0 Å². The third kappa shape index (κ3) is 4.42. The minimum absolute atomic E-state index is 0.0905.